The number of hydrogen-bond donors (Lipinski definition) is 2. The van der Waals surface area contributed by atoms with Crippen LogP contribution in [0.5, 0.6) is 0 Å². The lowest BCUT2D eigenvalue weighted by Crippen LogP contribution is -2.58. The first-order valence-electron chi connectivity index (χ1n) is 10.3. The van der Waals surface area contributed by atoms with Gasteiger partial charge in [0.1, 0.15) is 0 Å². The standard InChI is InChI=1S/C20H20Br4N2O4/c1-4(19-2-5(11(21)13(19)23)7-9(19)17(29)25-15(7)27)20-3-6(12(22)14(20)24)8-10(20)18(30)26-16(8)28/h4-14H,2-3H2,1H3,(H,25,27,29)(H,26,28,30). The molecule has 0 spiro atoms. The number of nitrogens with one attached hydrogen (secondary N) is 2. The summed E-state index contributed by atoms with van der Waals surface area (Å²) in [6.07, 6.45) is 1.53. The van der Waals surface area contributed by atoms with Gasteiger partial charge in [0.25, 0.3) is 0 Å². The van der Waals surface area contributed by atoms with E-state index in [4.69, 9.17) is 0 Å². The normalized spacial score (nSPS) is 58.8. The minimum absolute atomic E-state index is 0.00372. The first-order valence-corrected chi connectivity index (χ1v) is 14.0. The summed E-state index contributed by atoms with van der Waals surface area (Å²) in [5.74, 6) is -2.04. The van der Waals surface area contributed by atoms with E-state index in [1.807, 2.05) is 0 Å². The van der Waals surface area contributed by atoms with Crippen molar-refractivity contribution in [2.24, 2.45) is 52.3 Å². The maximum absolute atomic E-state index is 13.0. The lowest BCUT2D eigenvalue weighted by molar-refractivity contribution is -0.134. The third kappa shape index (κ3) is 2.00. The van der Waals surface area contributed by atoms with E-state index < -0.39 is 22.7 Å². The third-order valence-electron chi connectivity index (χ3n) is 9.66. The van der Waals surface area contributed by atoms with E-state index in [1.54, 1.807) is 0 Å². The smallest absolute Gasteiger partial charge is 0.231 e. The summed E-state index contributed by atoms with van der Waals surface area (Å²) in [5, 5.41) is 5.16. The second-order valence-electron chi connectivity index (χ2n) is 10.1. The van der Waals surface area contributed by atoms with Crippen molar-refractivity contribution in [2.45, 2.75) is 39.1 Å². The van der Waals surface area contributed by atoms with E-state index in [-0.39, 0.29) is 72.5 Å². The Kier molecular flexibility index (Phi) is 4.29. The molecule has 12 unspecified atom stereocenters. The number of fused-ring (bicyclic) bond motifs is 10. The Morgan fingerprint density at radius 3 is 1.47 bits per heavy atom. The maximum Gasteiger partial charge on any atom is 0.231 e. The average Bonchev–Trinajstić information content (AvgIpc) is 3.47. The molecule has 2 N–H and O–H groups in total. The van der Waals surface area contributed by atoms with Gasteiger partial charge in [-0.05, 0) is 41.4 Å². The minimum Gasteiger partial charge on any atom is -0.296 e. The molecular formula is C20H20Br4N2O4. The van der Waals surface area contributed by atoms with Gasteiger partial charge in [-0.2, -0.15) is 0 Å². The van der Waals surface area contributed by atoms with E-state index in [1.165, 1.54) is 0 Å². The van der Waals surface area contributed by atoms with E-state index >= 15 is 0 Å². The van der Waals surface area contributed by atoms with Gasteiger partial charge in [-0.25, -0.2) is 0 Å². The molecule has 4 amide bonds. The summed E-state index contributed by atoms with van der Waals surface area (Å²) in [5.41, 5.74) is -0.928. The molecular weight excluding hydrogens is 652 g/mol. The zero-order chi connectivity index (χ0) is 21.5. The SMILES string of the molecule is CC(C12CC(C(Br)C1Br)C1C(=O)NC(=O)C12)C12CC(C(Br)C1Br)C1C(=O)NC(=O)C12. The first-order chi connectivity index (χ1) is 14.1. The van der Waals surface area contributed by atoms with Crippen molar-refractivity contribution in [1.29, 1.82) is 0 Å². The highest BCUT2D eigenvalue weighted by atomic mass is 79.9. The van der Waals surface area contributed by atoms with Crippen molar-refractivity contribution in [1.82, 2.24) is 10.6 Å². The highest BCUT2D eigenvalue weighted by Crippen LogP contribution is 2.77. The van der Waals surface area contributed by atoms with Crippen LogP contribution >= 0.6 is 63.7 Å². The molecule has 4 aliphatic carbocycles. The molecule has 4 saturated carbocycles. The van der Waals surface area contributed by atoms with Crippen LogP contribution < -0.4 is 10.6 Å². The zero-order valence-corrected chi connectivity index (χ0v) is 22.3. The van der Waals surface area contributed by atoms with Gasteiger partial charge < -0.3 is 0 Å². The summed E-state index contributed by atoms with van der Waals surface area (Å²) in [7, 11) is 0. The van der Waals surface area contributed by atoms with Crippen molar-refractivity contribution in [3.63, 3.8) is 0 Å². The predicted molar refractivity (Wildman–Crippen MR) is 121 cm³/mol. The van der Waals surface area contributed by atoms with Crippen LogP contribution in [0.3, 0.4) is 0 Å². The summed E-state index contributed by atoms with van der Waals surface area (Å²) in [6.45, 7) is 2.16. The molecule has 162 valence electrons. The molecule has 6 rings (SSSR count). The molecule has 2 heterocycles. The van der Waals surface area contributed by atoms with Crippen LogP contribution in [0.4, 0.5) is 0 Å². The Morgan fingerprint density at radius 2 is 1.10 bits per heavy atom. The second kappa shape index (κ2) is 6.20. The van der Waals surface area contributed by atoms with E-state index in [9.17, 15) is 19.2 Å². The van der Waals surface area contributed by atoms with Crippen LogP contribution in [0.15, 0.2) is 0 Å². The van der Waals surface area contributed by atoms with Crippen molar-refractivity contribution in [3.8, 4) is 0 Å². The minimum atomic E-state index is -0.464. The van der Waals surface area contributed by atoms with Gasteiger partial charge >= 0.3 is 0 Å². The van der Waals surface area contributed by atoms with Crippen molar-refractivity contribution >= 4 is 87.3 Å². The first kappa shape index (κ1) is 20.8. The quantitative estimate of drug-likeness (QED) is 0.349. The monoisotopic (exact) mass is 668 g/mol. The largest absolute Gasteiger partial charge is 0.296 e. The van der Waals surface area contributed by atoms with Crippen LogP contribution in [-0.4, -0.2) is 42.9 Å². The summed E-state index contributed by atoms with van der Waals surface area (Å²) in [4.78, 5) is 51.5. The number of carbonyl (C=O) groups excluding carboxylic acids is 4. The lowest BCUT2D eigenvalue weighted by atomic mass is 9.53. The number of rotatable bonds is 2. The van der Waals surface area contributed by atoms with Crippen LogP contribution in [0.1, 0.15) is 19.8 Å². The Bertz CT molecular complexity index is 858. The summed E-state index contributed by atoms with van der Waals surface area (Å²) >= 11 is 15.5. The fraction of sp³-hybridized carbons (Fsp3) is 0.800. The number of alkyl halides is 4. The molecule has 2 aliphatic heterocycles. The highest BCUT2D eigenvalue weighted by molar-refractivity contribution is 9.12. The number of imide groups is 2. The van der Waals surface area contributed by atoms with Crippen LogP contribution in [0.25, 0.3) is 0 Å². The summed E-state index contributed by atoms with van der Waals surface area (Å²) < 4.78 is 0. The summed E-state index contributed by atoms with van der Waals surface area (Å²) in [6, 6.07) is 0. The van der Waals surface area contributed by atoms with Gasteiger partial charge in [-0.3, -0.25) is 29.8 Å². The van der Waals surface area contributed by atoms with E-state index in [0.29, 0.717) is 0 Å². The van der Waals surface area contributed by atoms with Crippen molar-refractivity contribution in [2.75, 3.05) is 0 Å². The molecule has 0 aromatic carbocycles. The fourth-order valence-corrected chi connectivity index (χ4v) is 13.2. The van der Waals surface area contributed by atoms with Gasteiger partial charge in [0.15, 0.2) is 0 Å². The van der Waals surface area contributed by atoms with Crippen LogP contribution in [0, 0.1) is 52.3 Å². The fourth-order valence-electron chi connectivity index (χ4n) is 8.64. The predicted octanol–water partition coefficient (Wildman–Crippen LogP) is 2.49. The third-order valence-corrected chi connectivity index (χ3v) is 16.3. The molecule has 2 saturated heterocycles. The Labute approximate surface area is 207 Å². The van der Waals surface area contributed by atoms with Gasteiger partial charge in [-0.15, -0.1) is 0 Å². The van der Waals surface area contributed by atoms with Gasteiger partial charge in [0, 0.05) is 19.3 Å². The van der Waals surface area contributed by atoms with Crippen molar-refractivity contribution in [3.05, 3.63) is 0 Å². The molecule has 10 heteroatoms. The van der Waals surface area contributed by atoms with Gasteiger partial charge in [0.05, 0.1) is 23.7 Å². The van der Waals surface area contributed by atoms with Gasteiger partial charge in [0.2, 0.25) is 23.6 Å². The molecule has 0 aromatic heterocycles. The molecule has 0 radical (unpaired) electrons. The topological polar surface area (TPSA) is 92.3 Å². The molecule has 4 bridgehead atoms. The Hall–Kier alpha value is 0.200. The Balaban J connectivity index is 1.52. The highest BCUT2D eigenvalue weighted by Gasteiger charge is 2.80. The molecule has 6 fully saturated rings. The van der Waals surface area contributed by atoms with E-state index in [2.05, 4.69) is 81.3 Å². The molecule has 12 atom stereocenters. The van der Waals surface area contributed by atoms with Crippen LogP contribution in [0.2, 0.25) is 0 Å². The number of hydrogen-bond acceptors (Lipinski definition) is 4. The Morgan fingerprint density at radius 1 is 0.733 bits per heavy atom. The van der Waals surface area contributed by atoms with Crippen LogP contribution in [-0.2, 0) is 19.2 Å². The maximum atomic E-state index is 13.0. The number of amides is 4. The molecule has 6 aliphatic rings. The second-order valence-corrected chi connectivity index (χ2v) is 14.2. The van der Waals surface area contributed by atoms with E-state index in [0.717, 1.165) is 12.8 Å². The molecule has 6 nitrogen and oxygen atoms in total. The molecule has 30 heavy (non-hydrogen) atoms. The zero-order valence-electron chi connectivity index (χ0n) is 15.9. The molecule has 0 aromatic rings. The lowest BCUT2D eigenvalue weighted by Gasteiger charge is -2.54. The average molecular weight is 672 g/mol. The van der Waals surface area contributed by atoms with Crippen molar-refractivity contribution < 1.29 is 19.2 Å². The number of halogens is 4. The van der Waals surface area contributed by atoms with Gasteiger partial charge in [-0.1, -0.05) is 70.6 Å². The number of carbonyl (C=O) groups is 4.